The number of nitrogens with one attached hydrogen (secondary N) is 1. The molecule has 2 aromatic heterocycles. The highest BCUT2D eigenvalue weighted by Crippen LogP contribution is 2.31. The average molecular weight is 442 g/mol. The summed E-state index contributed by atoms with van der Waals surface area (Å²) in [6, 6.07) is 14.6. The summed E-state index contributed by atoms with van der Waals surface area (Å²) in [4.78, 5) is 16.4. The van der Waals surface area contributed by atoms with Gasteiger partial charge in [0.05, 0.1) is 24.1 Å². The highest BCUT2D eigenvalue weighted by molar-refractivity contribution is 6.02. The van der Waals surface area contributed by atoms with Gasteiger partial charge in [-0.05, 0) is 55.5 Å². The van der Waals surface area contributed by atoms with Gasteiger partial charge in [-0.2, -0.15) is 18.2 Å². The summed E-state index contributed by atoms with van der Waals surface area (Å²) >= 11 is 0. The molecule has 0 aliphatic carbocycles. The number of aromatic nitrogens is 3. The Labute approximate surface area is 180 Å². The number of hydrogen-bond acceptors (Lipinski definition) is 5. The summed E-state index contributed by atoms with van der Waals surface area (Å²) in [5.74, 6) is 0.0958. The number of ether oxygens (including phenoxy) is 1. The van der Waals surface area contributed by atoms with E-state index in [0.717, 1.165) is 12.1 Å². The number of anilines is 1. The summed E-state index contributed by atoms with van der Waals surface area (Å²) < 4.78 is 50.6. The summed E-state index contributed by atoms with van der Waals surface area (Å²) in [5, 5.41) is 7.01. The lowest BCUT2D eigenvalue weighted by Crippen LogP contribution is -2.10. The van der Waals surface area contributed by atoms with E-state index in [-0.39, 0.29) is 11.8 Å². The van der Waals surface area contributed by atoms with Crippen molar-refractivity contribution in [2.45, 2.75) is 13.1 Å². The van der Waals surface area contributed by atoms with Gasteiger partial charge < -0.3 is 14.5 Å². The Morgan fingerprint density at radius 3 is 2.41 bits per heavy atom. The van der Waals surface area contributed by atoms with Gasteiger partial charge in [-0.1, -0.05) is 12.1 Å². The standard InChI is InChI=1S/C22H17F3N4O3/c1-2-31-21-27-19(14-5-7-15(8-6-14)22(23,24)25)29(28-21)17-11-9-16(10-12-17)26-20(30)18-4-3-13-32-18/h3-13H,2H2,1H3,(H,26,30). The molecule has 0 atom stereocenters. The van der Waals surface area contributed by atoms with Crippen molar-refractivity contribution in [3.05, 3.63) is 78.3 Å². The van der Waals surface area contributed by atoms with E-state index >= 15 is 0 Å². The van der Waals surface area contributed by atoms with Gasteiger partial charge in [-0.15, -0.1) is 5.10 Å². The molecular weight excluding hydrogens is 425 g/mol. The van der Waals surface area contributed by atoms with Gasteiger partial charge in [-0.3, -0.25) is 4.79 Å². The highest BCUT2D eigenvalue weighted by atomic mass is 19.4. The number of carbonyl (C=O) groups excluding carboxylic acids is 1. The lowest BCUT2D eigenvalue weighted by atomic mass is 10.1. The van der Waals surface area contributed by atoms with Gasteiger partial charge in [0.15, 0.2) is 11.6 Å². The molecule has 0 aliphatic heterocycles. The zero-order valence-electron chi connectivity index (χ0n) is 16.8. The molecule has 4 rings (SSSR count). The van der Waals surface area contributed by atoms with Crippen molar-refractivity contribution in [1.29, 1.82) is 0 Å². The summed E-state index contributed by atoms with van der Waals surface area (Å²) in [6.07, 6.45) is -3.03. The van der Waals surface area contributed by atoms with Crippen molar-refractivity contribution in [1.82, 2.24) is 14.8 Å². The zero-order chi connectivity index (χ0) is 22.7. The number of carbonyl (C=O) groups is 1. The Morgan fingerprint density at radius 1 is 1.09 bits per heavy atom. The SMILES string of the molecule is CCOc1nc(-c2ccc(C(F)(F)F)cc2)n(-c2ccc(NC(=O)c3ccco3)cc2)n1. The fraction of sp³-hybridized carbons (Fsp3) is 0.136. The van der Waals surface area contributed by atoms with Crippen molar-refractivity contribution in [2.75, 3.05) is 11.9 Å². The number of rotatable bonds is 6. The molecule has 0 spiro atoms. The van der Waals surface area contributed by atoms with Crippen LogP contribution in [0, 0.1) is 0 Å². The van der Waals surface area contributed by atoms with Crippen LogP contribution in [0.5, 0.6) is 6.01 Å². The molecule has 32 heavy (non-hydrogen) atoms. The molecule has 1 amide bonds. The minimum absolute atomic E-state index is 0.0950. The van der Waals surface area contributed by atoms with E-state index < -0.39 is 17.6 Å². The Morgan fingerprint density at radius 2 is 1.81 bits per heavy atom. The summed E-state index contributed by atoms with van der Waals surface area (Å²) in [6.45, 7) is 2.10. The number of benzene rings is 2. The third kappa shape index (κ3) is 4.48. The van der Waals surface area contributed by atoms with Crippen molar-refractivity contribution in [2.24, 2.45) is 0 Å². The molecule has 0 bridgehead atoms. The number of nitrogens with zero attached hydrogens (tertiary/aromatic N) is 3. The van der Waals surface area contributed by atoms with Crippen LogP contribution in [-0.2, 0) is 6.18 Å². The van der Waals surface area contributed by atoms with Gasteiger partial charge in [0, 0.05) is 11.3 Å². The molecule has 0 unspecified atom stereocenters. The van der Waals surface area contributed by atoms with E-state index in [1.807, 2.05) is 0 Å². The van der Waals surface area contributed by atoms with Crippen LogP contribution in [0.25, 0.3) is 17.1 Å². The van der Waals surface area contributed by atoms with Crippen LogP contribution in [0.1, 0.15) is 23.0 Å². The molecule has 0 saturated carbocycles. The fourth-order valence-electron chi connectivity index (χ4n) is 2.95. The maximum Gasteiger partial charge on any atom is 0.416 e. The first-order chi connectivity index (χ1) is 15.3. The zero-order valence-corrected chi connectivity index (χ0v) is 16.8. The summed E-state index contributed by atoms with van der Waals surface area (Å²) in [7, 11) is 0. The first-order valence-electron chi connectivity index (χ1n) is 9.58. The second-order valence-corrected chi connectivity index (χ2v) is 6.62. The maximum atomic E-state index is 12.9. The molecule has 10 heteroatoms. The molecule has 0 radical (unpaired) electrons. The third-order valence-electron chi connectivity index (χ3n) is 4.45. The first-order valence-corrected chi connectivity index (χ1v) is 9.58. The largest absolute Gasteiger partial charge is 0.463 e. The van der Waals surface area contributed by atoms with Gasteiger partial charge in [0.2, 0.25) is 0 Å². The van der Waals surface area contributed by atoms with Crippen molar-refractivity contribution in [3.8, 4) is 23.1 Å². The number of furan rings is 1. The van der Waals surface area contributed by atoms with Crippen LogP contribution in [0.4, 0.5) is 18.9 Å². The number of halogens is 3. The average Bonchev–Trinajstić information content (AvgIpc) is 3.45. The van der Waals surface area contributed by atoms with Gasteiger partial charge >= 0.3 is 12.2 Å². The van der Waals surface area contributed by atoms with Crippen molar-refractivity contribution < 1.29 is 27.1 Å². The van der Waals surface area contributed by atoms with Crippen LogP contribution in [0.15, 0.2) is 71.3 Å². The Hall–Kier alpha value is -4.08. The number of amides is 1. The highest BCUT2D eigenvalue weighted by Gasteiger charge is 2.30. The van der Waals surface area contributed by atoms with Gasteiger partial charge in [0.1, 0.15) is 0 Å². The van der Waals surface area contributed by atoms with Crippen LogP contribution < -0.4 is 10.1 Å². The lowest BCUT2D eigenvalue weighted by Gasteiger charge is -2.09. The van der Waals surface area contributed by atoms with Crippen LogP contribution in [0.3, 0.4) is 0 Å². The van der Waals surface area contributed by atoms with Crippen LogP contribution in [0.2, 0.25) is 0 Å². The predicted octanol–water partition coefficient (Wildman–Crippen LogP) is 5.20. The van der Waals surface area contributed by atoms with E-state index in [0.29, 0.717) is 29.4 Å². The van der Waals surface area contributed by atoms with Gasteiger partial charge in [-0.25, -0.2) is 4.68 Å². The number of hydrogen-bond donors (Lipinski definition) is 1. The molecule has 164 valence electrons. The molecule has 0 saturated heterocycles. The topological polar surface area (TPSA) is 82.2 Å². The Balaban J connectivity index is 1.63. The molecule has 2 heterocycles. The second-order valence-electron chi connectivity index (χ2n) is 6.62. The molecular formula is C22H17F3N4O3. The first kappa shape index (κ1) is 21.2. The Kier molecular flexibility index (Phi) is 5.67. The maximum absolute atomic E-state index is 12.9. The van der Waals surface area contributed by atoms with E-state index in [4.69, 9.17) is 9.15 Å². The fourth-order valence-corrected chi connectivity index (χ4v) is 2.95. The molecule has 2 aromatic carbocycles. The smallest absolute Gasteiger partial charge is 0.416 e. The normalized spacial score (nSPS) is 11.4. The van der Waals surface area contributed by atoms with Crippen LogP contribution >= 0.6 is 0 Å². The third-order valence-corrected chi connectivity index (χ3v) is 4.45. The monoisotopic (exact) mass is 442 g/mol. The van der Waals surface area contributed by atoms with E-state index in [9.17, 15) is 18.0 Å². The molecule has 1 N–H and O–H groups in total. The molecule has 0 fully saturated rings. The van der Waals surface area contributed by atoms with E-state index in [1.165, 1.54) is 23.1 Å². The minimum atomic E-state index is -4.43. The van der Waals surface area contributed by atoms with Crippen molar-refractivity contribution >= 4 is 11.6 Å². The second kappa shape index (κ2) is 8.58. The Bertz CT molecular complexity index is 1200. The van der Waals surface area contributed by atoms with Crippen LogP contribution in [-0.4, -0.2) is 27.3 Å². The predicted molar refractivity (Wildman–Crippen MR) is 110 cm³/mol. The molecule has 0 aliphatic rings. The molecule has 7 nitrogen and oxygen atoms in total. The summed E-state index contributed by atoms with van der Waals surface area (Å²) in [5.41, 5.74) is 0.784. The van der Waals surface area contributed by atoms with Gasteiger partial charge in [0.25, 0.3) is 5.91 Å². The van der Waals surface area contributed by atoms with E-state index in [2.05, 4.69) is 15.4 Å². The molecule has 4 aromatic rings. The lowest BCUT2D eigenvalue weighted by molar-refractivity contribution is -0.137. The minimum Gasteiger partial charge on any atom is -0.463 e. The van der Waals surface area contributed by atoms with E-state index in [1.54, 1.807) is 43.3 Å². The quantitative estimate of drug-likeness (QED) is 0.444. The van der Waals surface area contributed by atoms with Crippen molar-refractivity contribution in [3.63, 3.8) is 0 Å². The number of alkyl halides is 3.